The van der Waals surface area contributed by atoms with E-state index in [4.69, 9.17) is 14.0 Å². The number of rotatable bonds is 6. The number of methoxy groups -OCH3 is 2. The van der Waals surface area contributed by atoms with E-state index in [0.29, 0.717) is 28.7 Å². The van der Waals surface area contributed by atoms with Crippen LogP contribution < -0.4 is 9.47 Å². The van der Waals surface area contributed by atoms with Crippen LogP contribution in [0.4, 0.5) is 0 Å². The van der Waals surface area contributed by atoms with E-state index >= 15 is 0 Å². The lowest BCUT2D eigenvalue weighted by Gasteiger charge is -2.28. The fourth-order valence-corrected chi connectivity index (χ4v) is 7.82. The van der Waals surface area contributed by atoms with Crippen LogP contribution >= 0.6 is 0 Å². The molecule has 0 fully saturated rings. The zero-order valence-electron chi connectivity index (χ0n) is 24.5. The maximum atomic E-state index is 14.0. The molecule has 0 N–H and O–H groups in total. The largest absolute Gasteiger partial charge is 0.493 e. The predicted octanol–water partition coefficient (Wildman–Crippen LogP) is 6.81. The second-order valence-corrected chi connectivity index (χ2v) is 12.6. The first kappa shape index (κ1) is 27.0. The average molecular weight is 595 g/mol. The van der Waals surface area contributed by atoms with Crippen molar-refractivity contribution in [1.29, 1.82) is 0 Å². The number of hydrogen-bond acceptors (Lipinski definition) is 7. The van der Waals surface area contributed by atoms with Crippen LogP contribution in [-0.2, 0) is 16.4 Å². The molecule has 0 radical (unpaired) electrons. The summed E-state index contributed by atoms with van der Waals surface area (Å²) >= 11 is 0. The van der Waals surface area contributed by atoms with Crippen LogP contribution in [0.3, 0.4) is 0 Å². The number of ether oxygens (including phenoxy) is 2. The summed E-state index contributed by atoms with van der Waals surface area (Å²) in [6.07, 6.45) is 2.48. The van der Waals surface area contributed by atoms with Crippen LogP contribution in [0, 0.1) is 13.8 Å². The Hall–Kier alpha value is -4.83. The van der Waals surface area contributed by atoms with Crippen LogP contribution in [-0.4, -0.2) is 41.3 Å². The van der Waals surface area contributed by atoms with Gasteiger partial charge in [0.05, 0.1) is 35.9 Å². The molecular formula is C33H30N4O5S. The molecule has 0 aliphatic carbocycles. The maximum absolute atomic E-state index is 14.0. The van der Waals surface area contributed by atoms with E-state index in [0.717, 1.165) is 51.0 Å². The topological polar surface area (TPSA) is 101 Å². The van der Waals surface area contributed by atoms with E-state index in [-0.39, 0.29) is 10.9 Å². The van der Waals surface area contributed by atoms with E-state index in [1.165, 1.54) is 3.97 Å². The van der Waals surface area contributed by atoms with Gasteiger partial charge in [-0.25, -0.2) is 12.4 Å². The van der Waals surface area contributed by atoms with E-state index in [1.54, 1.807) is 57.7 Å². The number of fused-ring (bicyclic) bond motifs is 4. The predicted molar refractivity (Wildman–Crippen MR) is 164 cm³/mol. The third-order valence-corrected chi connectivity index (χ3v) is 9.95. The molecule has 3 aromatic heterocycles. The zero-order valence-corrected chi connectivity index (χ0v) is 25.3. The molecule has 7 rings (SSSR count). The highest BCUT2D eigenvalue weighted by Gasteiger charge is 2.35. The fraction of sp³-hybridized carbons (Fsp3) is 0.212. The first-order valence-corrected chi connectivity index (χ1v) is 15.4. The molecule has 0 saturated heterocycles. The molecule has 1 atom stereocenters. The summed E-state index contributed by atoms with van der Waals surface area (Å²) in [7, 11) is -0.636. The Morgan fingerprint density at radius 3 is 2.30 bits per heavy atom. The molecule has 1 aliphatic heterocycles. The maximum Gasteiger partial charge on any atom is 0.268 e. The van der Waals surface area contributed by atoms with E-state index in [1.807, 2.05) is 36.4 Å². The van der Waals surface area contributed by atoms with Crippen LogP contribution in [0.2, 0.25) is 0 Å². The highest BCUT2D eigenvalue weighted by Crippen LogP contribution is 2.52. The highest BCUT2D eigenvalue weighted by atomic mass is 32.2. The SMILES string of the molecule is COc1cc2c(cc1OC)-c1c(-c3nc(C)no3)c(-c3cn(S(=O)(=O)c4ccccc4)c4ccccc34)c(C)n1C(C)C2. The molecule has 6 aromatic rings. The Balaban J connectivity index is 1.59. The number of benzene rings is 3. The van der Waals surface area contributed by atoms with Gasteiger partial charge in [0.25, 0.3) is 15.9 Å². The van der Waals surface area contributed by atoms with E-state index < -0.39 is 10.0 Å². The first-order valence-electron chi connectivity index (χ1n) is 14.0. The summed E-state index contributed by atoms with van der Waals surface area (Å²) in [5.41, 5.74) is 6.88. The van der Waals surface area contributed by atoms with Gasteiger partial charge in [0, 0.05) is 40.0 Å². The molecule has 9 nitrogen and oxygen atoms in total. The summed E-state index contributed by atoms with van der Waals surface area (Å²) in [5.74, 6) is 2.14. The van der Waals surface area contributed by atoms with Gasteiger partial charge >= 0.3 is 0 Å². The third kappa shape index (κ3) is 4.00. The third-order valence-electron chi connectivity index (χ3n) is 8.26. The lowest BCUT2D eigenvalue weighted by Crippen LogP contribution is -2.17. The van der Waals surface area contributed by atoms with Crippen molar-refractivity contribution in [2.75, 3.05) is 14.2 Å². The standard InChI is InChI=1S/C33H30N4O5S/c1-19-15-22-16-28(40-4)29(41-5)17-25(22)32-31(33-34-21(3)35-42-33)30(20(2)37(19)32)26-18-36(27-14-10-9-13-24(26)27)43(38,39)23-11-7-6-8-12-23/h6-14,16-19H,15H2,1-5H3. The Kier molecular flexibility index (Phi) is 6.21. The van der Waals surface area contributed by atoms with Gasteiger partial charge < -0.3 is 18.6 Å². The summed E-state index contributed by atoms with van der Waals surface area (Å²) in [4.78, 5) is 4.89. The summed E-state index contributed by atoms with van der Waals surface area (Å²) < 4.78 is 48.8. The van der Waals surface area contributed by atoms with Gasteiger partial charge in [-0.2, -0.15) is 4.98 Å². The number of para-hydroxylation sites is 1. The smallest absolute Gasteiger partial charge is 0.268 e. The lowest BCUT2D eigenvalue weighted by atomic mass is 9.91. The first-order chi connectivity index (χ1) is 20.7. The van der Waals surface area contributed by atoms with Crippen molar-refractivity contribution in [3.05, 3.63) is 90.0 Å². The molecule has 4 heterocycles. The molecule has 218 valence electrons. The summed E-state index contributed by atoms with van der Waals surface area (Å²) in [6, 6.07) is 20.1. The molecule has 0 bridgehead atoms. The Labute approximate surface area is 249 Å². The van der Waals surface area contributed by atoms with Gasteiger partial charge in [0.2, 0.25) is 0 Å². The van der Waals surface area contributed by atoms with Crippen molar-refractivity contribution >= 4 is 20.9 Å². The summed E-state index contributed by atoms with van der Waals surface area (Å²) in [6.45, 7) is 6.02. The minimum absolute atomic E-state index is 0.0820. The van der Waals surface area contributed by atoms with Crippen molar-refractivity contribution in [2.45, 2.75) is 38.1 Å². The van der Waals surface area contributed by atoms with Crippen molar-refractivity contribution in [1.82, 2.24) is 18.7 Å². The Bertz CT molecular complexity index is 2140. The van der Waals surface area contributed by atoms with Gasteiger partial charge in [-0.05, 0) is 63.1 Å². The molecule has 0 spiro atoms. The van der Waals surface area contributed by atoms with Crippen molar-refractivity contribution in [3.8, 4) is 45.3 Å². The second-order valence-electron chi connectivity index (χ2n) is 10.8. The van der Waals surface area contributed by atoms with Gasteiger partial charge in [-0.15, -0.1) is 0 Å². The summed E-state index contributed by atoms with van der Waals surface area (Å²) in [5, 5.41) is 4.92. The molecule has 1 aliphatic rings. The van der Waals surface area contributed by atoms with Crippen LogP contribution in [0.15, 0.2) is 82.3 Å². The molecule has 3 aromatic carbocycles. The van der Waals surface area contributed by atoms with Crippen molar-refractivity contribution in [2.24, 2.45) is 0 Å². The van der Waals surface area contributed by atoms with Gasteiger partial charge in [0.15, 0.2) is 17.3 Å². The monoisotopic (exact) mass is 594 g/mol. The zero-order chi connectivity index (χ0) is 30.0. The minimum Gasteiger partial charge on any atom is -0.493 e. The average Bonchev–Trinajstić information content (AvgIpc) is 3.70. The van der Waals surface area contributed by atoms with Crippen LogP contribution in [0.5, 0.6) is 11.5 Å². The van der Waals surface area contributed by atoms with E-state index in [2.05, 4.69) is 28.6 Å². The number of aryl methyl sites for hydroxylation is 1. The van der Waals surface area contributed by atoms with Crippen LogP contribution in [0.25, 0.3) is 44.7 Å². The van der Waals surface area contributed by atoms with Gasteiger partial charge in [0.1, 0.15) is 0 Å². The lowest BCUT2D eigenvalue weighted by molar-refractivity contribution is 0.354. The molecule has 1 unspecified atom stereocenters. The van der Waals surface area contributed by atoms with Crippen molar-refractivity contribution in [3.63, 3.8) is 0 Å². The molecule has 0 saturated carbocycles. The minimum atomic E-state index is -3.89. The van der Waals surface area contributed by atoms with E-state index in [9.17, 15) is 8.42 Å². The normalized spacial score (nSPS) is 14.5. The fourth-order valence-electron chi connectivity index (χ4n) is 6.43. The van der Waals surface area contributed by atoms with Crippen LogP contribution in [0.1, 0.15) is 30.0 Å². The second kappa shape index (κ2) is 9.88. The van der Waals surface area contributed by atoms with Gasteiger partial charge in [-0.1, -0.05) is 41.6 Å². The quantitative estimate of drug-likeness (QED) is 0.209. The molecule has 0 amide bonds. The van der Waals surface area contributed by atoms with Crippen molar-refractivity contribution < 1.29 is 22.4 Å². The molecule has 10 heteroatoms. The number of aromatic nitrogens is 4. The number of nitrogens with zero attached hydrogens (tertiary/aromatic N) is 4. The Morgan fingerprint density at radius 1 is 0.907 bits per heavy atom. The van der Waals surface area contributed by atoms with Gasteiger partial charge in [-0.3, -0.25) is 0 Å². The number of hydrogen-bond donors (Lipinski definition) is 0. The molecular weight excluding hydrogens is 564 g/mol. The molecule has 43 heavy (non-hydrogen) atoms. The Morgan fingerprint density at radius 2 is 1.60 bits per heavy atom. The highest BCUT2D eigenvalue weighted by molar-refractivity contribution is 7.90.